The monoisotopic (exact) mass is 229 g/mol. The van der Waals surface area contributed by atoms with Gasteiger partial charge in [-0.25, -0.2) is 4.79 Å². The first-order valence-corrected chi connectivity index (χ1v) is 5.37. The van der Waals surface area contributed by atoms with Crippen molar-refractivity contribution in [3.63, 3.8) is 0 Å². The molecule has 3 N–H and O–H groups in total. The second-order valence-corrected chi connectivity index (χ2v) is 5.86. The Kier molecular flexibility index (Phi) is 4.78. The van der Waals surface area contributed by atoms with E-state index in [0.29, 0.717) is 0 Å². The molecule has 0 aliphatic carbocycles. The number of hydrogen-bond acceptors (Lipinski definition) is 2. The van der Waals surface area contributed by atoms with Crippen molar-refractivity contribution in [2.24, 2.45) is 0 Å². The van der Waals surface area contributed by atoms with Crippen LogP contribution in [-0.2, 0) is 4.79 Å². The van der Waals surface area contributed by atoms with E-state index in [9.17, 15) is 9.59 Å². The first kappa shape index (κ1) is 14.7. The molecule has 3 amide bonds. The summed E-state index contributed by atoms with van der Waals surface area (Å²) in [7, 11) is 0. The molecule has 0 aromatic heterocycles. The second-order valence-electron chi connectivity index (χ2n) is 5.86. The van der Waals surface area contributed by atoms with Crippen molar-refractivity contribution in [2.75, 3.05) is 6.54 Å². The van der Waals surface area contributed by atoms with Crippen LogP contribution in [0.25, 0.3) is 0 Å². The lowest BCUT2D eigenvalue weighted by molar-refractivity contribution is -0.121. The first-order chi connectivity index (χ1) is 6.99. The van der Waals surface area contributed by atoms with E-state index in [4.69, 9.17) is 0 Å². The Hall–Kier alpha value is -1.26. The molecule has 16 heavy (non-hydrogen) atoms. The largest absolute Gasteiger partial charge is 0.350 e. The van der Waals surface area contributed by atoms with E-state index in [1.165, 1.54) is 0 Å². The Morgan fingerprint density at radius 2 is 1.31 bits per heavy atom. The van der Waals surface area contributed by atoms with Gasteiger partial charge in [0, 0.05) is 11.1 Å². The summed E-state index contributed by atoms with van der Waals surface area (Å²) in [5, 5.41) is 7.96. The quantitative estimate of drug-likeness (QED) is 0.661. The van der Waals surface area contributed by atoms with E-state index in [0.717, 1.165) is 0 Å². The number of urea groups is 1. The van der Waals surface area contributed by atoms with E-state index < -0.39 is 0 Å². The van der Waals surface area contributed by atoms with E-state index in [1.807, 2.05) is 41.5 Å². The summed E-state index contributed by atoms with van der Waals surface area (Å²) < 4.78 is 0. The Labute approximate surface area is 97.4 Å². The van der Waals surface area contributed by atoms with Gasteiger partial charge in [0.15, 0.2) is 0 Å². The zero-order valence-electron chi connectivity index (χ0n) is 11.0. The molecule has 0 radical (unpaired) electrons. The van der Waals surface area contributed by atoms with Crippen molar-refractivity contribution in [1.82, 2.24) is 16.0 Å². The van der Waals surface area contributed by atoms with Crippen LogP contribution < -0.4 is 16.0 Å². The highest BCUT2D eigenvalue weighted by Crippen LogP contribution is 1.98. The van der Waals surface area contributed by atoms with Crippen molar-refractivity contribution in [3.8, 4) is 0 Å². The number of hydrogen-bond donors (Lipinski definition) is 3. The third kappa shape index (κ3) is 9.30. The number of rotatable bonds is 2. The molecule has 0 atom stereocenters. The summed E-state index contributed by atoms with van der Waals surface area (Å²) in [5.41, 5.74) is -0.580. The maximum absolute atomic E-state index is 11.4. The van der Waals surface area contributed by atoms with Gasteiger partial charge in [-0.15, -0.1) is 0 Å². The predicted molar refractivity (Wildman–Crippen MR) is 64.2 cm³/mol. The van der Waals surface area contributed by atoms with Crippen molar-refractivity contribution in [1.29, 1.82) is 0 Å². The smallest absolute Gasteiger partial charge is 0.315 e. The average molecular weight is 229 g/mol. The van der Waals surface area contributed by atoms with E-state index in [-0.39, 0.29) is 29.6 Å². The molecule has 5 nitrogen and oxygen atoms in total. The number of carbonyl (C=O) groups is 2. The molecule has 0 saturated heterocycles. The summed E-state index contributed by atoms with van der Waals surface area (Å²) in [6, 6.07) is -0.337. The minimum atomic E-state index is -0.337. The highest BCUT2D eigenvalue weighted by Gasteiger charge is 2.16. The zero-order valence-corrected chi connectivity index (χ0v) is 11.0. The Morgan fingerprint density at radius 3 is 1.69 bits per heavy atom. The molecule has 0 aromatic rings. The first-order valence-electron chi connectivity index (χ1n) is 5.37. The van der Waals surface area contributed by atoms with Crippen LogP contribution in [0.4, 0.5) is 4.79 Å². The van der Waals surface area contributed by atoms with Crippen LogP contribution in [0.3, 0.4) is 0 Å². The lowest BCUT2D eigenvalue weighted by Crippen LogP contribution is -2.51. The van der Waals surface area contributed by atoms with Gasteiger partial charge < -0.3 is 16.0 Å². The summed E-state index contributed by atoms with van der Waals surface area (Å²) in [5.74, 6) is -0.198. The second kappa shape index (κ2) is 5.18. The maximum atomic E-state index is 11.4. The van der Waals surface area contributed by atoms with Gasteiger partial charge in [-0.3, -0.25) is 4.79 Å². The Balaban J connectivity index is 3.90. The molecule has 0 aromatic carbocycles. The molecule has 0 bridgehead atoms. The van der Waals surface area contributed by atoms with E-state index in [2.05, 4.69) is 16.0 Å². The molecule has 0 aliphatic heterocycles. The SMILES string of the molecule is CC(C)(C)NC(=O)CNC(=O)NC(C)(C)C. The van der Waals surface area contributed by atoms with Gasteiger partial charge in [0.1, 0.15) is 0 Å². The molecule has 0 rings (SSSR count). The molecular formula is C11H23N3O2. The highest BCUT2D eigenvalue weighted by atomic mass is 16.2. The van der Waals surface area contributed by atoms with Gasteiger partial charge in [-0.1, -0.05) is 0 Å². The molecule has 0 fully saturated rings. The van der Waals surface area contributed by atoms with Gasteiger partial charge in [-0.2, -0.15) is 0 Å². The van der Waals surface area contributed by atoms with Crippen LogP contribution in [0, 0.1) is 0 Å². The number of carbonyl (C=O) groups excluding carboxylic acids is 2. The maximum Gasteiger partial charge on any atom is 0.315 e. The topological polar surface area (TPSA) is 70.2 Å². The summed E-state index contributed by atoms with van der Waals surface area (Å²) in [6.45, 7) is 11.3. The van der Waals surface area contributed by atoms with Crippen LogP contribution >= 0.6 is 0 Å². The minimum absolute atomic E-state index is 0.0147. The van der Waals surface area contributed by atoms with Crippen LogP contribution in [0.2, 0.25) is 0 Å². The van der Waals surface area contributed by atoms with Crippen molar-refractivity contribution in [3.05, 3.63) is 0 Å². The van der Waals surface area contributed by atoms with Crippen LogP contribution in [-0.4, -0.2) is 29.6 Å². The molecular weight excluding hydrogens is 206 g/mol. The minimum Gasteiger partial charge on any atom is -0.350 e. The van der Waals surface area contributed by atoms with Gasteiger partial charge in [0.2, 0.25) is 5.91 Å². The summed E-state index contributed by atoms with van der Waals surface area (Å²) in [6.07, 6.45) is 0. The van der Waals surface area contributed by atoms with Crippen molar-refractivity contribution in [2.45, 2.75) is 52.6 Å². The third-order valence-corrected chi connectivity index (χ3v) is 1.41. The zero-order chi connectivity index (χ0) is 13.0. The molecule has 0 saturated carbocycles. The molecule has 5 heteroatoms. The third-order valence-electron chi connectivity index (χ3n) is 1.41. The molecule has 94 valence electrons. The summed E-state index contributed by atoms with van der Waals surface area (Å²) >= 11 is 0. The van der Waals surface area contributed by atoms with Gasteiger partial charge in [0.25, 0.3) is 0 Å². The van der Waals surface area contributed by atoms with Crippen LogP contribution in [0.15, 0.2) is 0 Å². The van der Waals surface area contributed by atoms with Crippen LogP contribution in [0.5, 0.6) is 0 Å². The average Bonchev–Trinajstić information content (AvgIpc) is 1.94. The fourth-order valence-electron chi connectivity index (χ4n) is 1.01. The highest BCUT2D eigenvalue weighted by molar-refractivity contribution is 5.84. The lowest BCUT2D eigenvalue weighted by Gasteiger charge is -2.22. The van der Waals surface area contributed by atoms with Gasteiger partial charge in [-0.05, 0) is 41.5 Å². The van der Waals surface area contributed by atoms with E-state index in [1.54, 1.807) is 0 Å². The Morgan fingerprint density at radius 1 is 0.875 bits per heavy atom. The van der Waals surface area contributed by atoms with Gasteiger partial charge in [0.05, 0.1) is 6.54 Å². The van der Waals surface area contributed by atoms with Gasteiger partial charge >= 0.3 is 6.03 Å². The lowest BCUT2D eigenvalue weighted by atomic mass is 10.1. The van der Waals surface area contributed by atoms with Crippen LogP contribution in [0.1, 0.15) is 41.5 Å². The number of nitrogens with one attached hydrogen (secondary N) is 3. The van der Waals surface area contributed by atoms with Crippen molar-refractivity contribution < 1.29 is 9.59 Å². The standard InChI is InChI=1S/C11H23N3O2/c1-10(2,3)13-8(15)7-12-9(16)14-11(4,5)6/h7H2,1-6H3,(H,13,15)(H2,12,14,16). The van der Waals surface area contributed by atoms with E-state index >= 15 is 0 Å². The fourth-order valence-corrected chi connectivity index (χ4v) is 1.01. The fraction of sp³-hybridized carbons (Fsp3) is 0.818. The molecule has 0 unspecified atom stereocenters. The molecule has 0 spiro atoms. The molecule has 0 aliphatic rings. The summed E-state index contributed by atoms with van der Waals surface area (Å²) in [4.78, 5) is 22.7. The Bertz CT molecular complexity index is 233. The number of amides is 3. The molecule has 0 heterocycles. The normalized spacial score (nSPS) is 11.9. The van der Waals surface area contributed by atoms with Crippen molar-refractivity contribution >= 4 is 11.9 Å². The predicted octanol–water partition coefficient (Wildman–Crippen LogP) is 0.999.